The number of nitrogens with one attached hydrogen (secondary N) is 1. The van der Waals surface area contributed by atoms with Crippen molar-refractivity contribution in [3.63, 3.8) is 0 Å². The number of hydrogen-bond donors (Lipinski definition) is 2. The molecule has 0 radical (unpaired) electrons. The van der Waals surface area contributed by atoms with Gasteiger partial charge >= 0.3 is 5.97 Å². The zero-order valence-corrected chi connectivity index (χ0v) is 19.2. The number of benzene rings is 1. The number of nitrogens with zero attached hydrogens (tertiary/aromatic N) is 3. The van der Waals surface area contributed by atoms with Crippen molar-refractivity contribution in [1.82, 2.24) is 15.0 Å². The first kappa shape index (κ1) is 23.9. The molecule has 0 unspecified atom stereocenters. The van der Waals surface area contributed by atoms with E-state index < -0.39 is 10.7 Å². The van der Waals surface area contributed by atoms with Crippen molar-refractivity contribution in [2.75, 3.05) is 19.0 Å². The van der Waals surface area contributed by atoms with Gasteiger partial charge in [0.15, 0.2) is 4.34 Å². The monoisotopic (exact) mass is 466 g/mol. The highest BCUT2D eigenvalue weighted by Crippen LogP contribution is 2.34. The third-order valence-corrected chi connectivity index (χ3v) is 6.30. The van der Waals surface area contributed by atoms with E-state index in [4.69, 9.17) is 4.74 Å². The molecule has 0 aliphatic carbocycles. The van der Waals surface area contributed by atoms with Crippen LogP contribution in [0.25, 0.3) is 11.1 Å². The Morgan fingerprint density at radius 2 is 1.87 bits per heavy atom. The summed E-state index contributed by atoms with van der Waals surface area (Å²) in [6, 6.07) is 7.74. The molecular formula is C20H23ClN4O3S2. The van der Waals surface area contributed by atoms with Gasteiger partial charge in [-0.05, 0) is 31.5 Å². The summed E-state index contributed by atoms with van der Waals surface area (Å²) in [4.78, 5) is 24.5. The lowest BCUT2D eigenvalue weighted by molar-refractivity contribution is -0.138. The number of methoxy groups -OCH3 is 1. The summed E-state index contributed by atoms with van der Waals surface area (Å²) in [7, 11) is 1.64. The van der Waals surface area contributed by atoms with Crippen LogP contribution in [0.1, 0.15) is 19.5 Å². The average molecular weight is 467 g/mol. The van der Waals surface area contributed by atoms with Crippen LogP contribution >= 0.6 is 35.5 Å². The first-order valence-electron chi connectivity index (χ1n) is 8.94. The summed E-state index contributed by atoms with van der Waals surface area (Å²) in [6.07, 6.45) is 4.26. The number of thioether (sulfide) groups is 1. The summed E-state index contributed by atoms with van der Waals surface area (Å²) in [5, 5.41) is 14.4. The Balaban J connectivity index is 0.00000320. The molecule has 0 saturated heterocycles. The first-order chi connectivity index (χ1) is 13.9. The smallest absolute Gasteiger partial charge is 0.319 e. The van der Waals surface area contributed by atoms with Crippen LogP contribution in [0.2, 0.25) is 0 Å². The molecule has 0 amide bonds. The van der Waals surface area contributed by atoms with Gasteiger partial charge in [-0.2, -0.15) is 0 Å². The van der Waals surface area contributed by atoms with Gasteiger partial charge in [-0.3, -0.25) is 4.79 Å². The second-order valence-corrected chi connectivity index (χ2v) is 9.45. The quantitative estimate of drug-likeness (QED) is 0.440. The lowest BCUT2D eigenvalue weighted by Crippen LogP contribution is -2.26. The van der Waals surface area contributed by atoms with Crippen LogP contribution in [0.5, 0.6) is 5.75 Å². The number of carboxylic acids is 1. The maximum Gasteiger partial charge on any atom is 0.319 e. The van der Waals surface area contributed by atoms with Gasteiger partial charge in [0.25, 0.3) is 0 Å². The largest absolute Gasteiger partial charge is 0.497 e. The predicted octanol–water partition coefficient (Wildman–Crippen LogP) is 4.64. The third kappa shape index (κ3) is 6.32. The number of thiazole rings is 1. The number of anilines is 1. The molecule has 0 saturated carbocycles. The minimum absolute atomic E-state index is 0. The third-order valence-electron chi connectivity index (χ3n) is 4.13. The predicted molar refractivity (Wildman–Crippen MR) is 123 cm³/mol. The molecule has 0 fully saturated rings. The Morgan fingerprint density at radius 1 is 1.20 bits per heavy atom. The number of carboxylic acid groups (broad SMARTS) is 1. The fourth-order valence-corrected chi connectivity index (χ4v) is 4.59. The number of aromatic nitrogens is 3. The highest BCUT2D eigenvalue weighted by Gasteiger charge is 2.29. The molecular weight excluding hydrogens is 444 g/mol. The van der Waals surface area contributed by atoms with Crippen molar-refractivity contribution in [3.8, 4) is 16.9 Å². The fraction of sp³-hybridized carbons (Fsp3) is 0.300. The van der Waals surface area contributed by atoms with E-state index in [9.17, 15) is 9.90 Å². The van der Waals surface area contributed by atoms with Gasteiger partial charge in [0.2, 0.25) is 5.95 Å². The van der Waals surface area contributed by atoms with E-state index in [1.807, 2.05) is 29.6 Å². The van der Waals surface area contributed by atoms with Gasteiger partial charge in [-0.1, -0.05) is 23.9 Å². The minimum Gasteiger partial charge on any atom is -0.497 e. The molecule has 2 N–H and O–H groups in total. The first-order valence-corrected chi connectivity index (χ1v) is 10.6. The Kier molecular flexibility index (Phi) is 8.45. The zero-order valence-electron chi connectivity index (χ0n) is 16.8. The minimum atomic E-state index is -0.896. The standard InChI is InChI=1S/C20H22N4O3S2.ClH/c1-20(2,17(25)26)29-19-24-15(12-28-19)8-9-21-18-22-10-14(11-23-18)13-4-6-16(27-3)7-5-13;/h4-7,10-12H,8-9H2,1-3H3,(H,25,26)(H,21,22,23);1H. The topological polar surface area (TPSA) is 97.2 Å². The van der Waals surface area contributed by atoms with Gasteiger partial charge in [0.05, 0.1) is 12.8 Å². The van der Waals surface area contributed by atoms with Crippen LogP contribution in [0, 0.1) is 0 Å². The van der Waals surface area contributed by atoms with Crippen LogP contribution in [-0.4, -0.2) is 44.4 Å². The molecule has 0 atom stereocenters. The molecule has 3 aromatic rings. The number of carbonyl (C=O) groups is 1. The maximum absolute atomic E-state index is 11.2. The number of aliphatic carboxylic acids is 1. The van der Waals surface area contributed by atoms with Gasteiger partial charge in [-0.25, -0.2) is 15.0 Å². The van der Waals surface area contributed by atoms with Gasteiger partial charge in [-0.15, -0.1) is 23.7 Å². The van der Waals surface area contributed by atoms with Crippen LogP contribution in [0.15, 0.2) is 46.4 Å². The Bertz CT molecular complexity index is 963. The van der Waals surface area contributed by atoms with Crippen molar-refractivity contribution in [2.45, 2.75) is 29.4 Å². The molecule has 0 aliphatic heterocycles. The second-order valence-electron chi connectivity index (χ2n) is 6.72. The average Bonchev–Trinajstić information content (AvgIpc) is 3.15. The normalized spacial score (nSPS) is 10.9. The highest BCUT2D eigenvalue weighted by molar-refractivity contribution is 8.02. The van der Waals surface area contributed by atoms with Crippen molar-refractivity contribution in [2.24, 2.45) is 0 Å². The van der Waals surface area contributed by atoms with E-state index >= 15 is 0 Å². The van der Waals surface area contributed by atoms with Crippen molar-refractivity contribution in [1.29, 1.82) is 0 Å². The van der Waals surface area contributed by atoms with Crippen molar-refractivity contribution < 1.29 is 14.6 Å². The van der Waals surface area contributed by atoms with Crippen LogP contribution in [-0.2, 0) is 11.2 Å². The molecule has 7 nitrogen and oxygen atoms in total. The summed E-state index contributed by atoms with van der Waals surface area (Å²) in [5.41, 5.74) is 2.87. The lowest BCUT2D eigenvalue weighted by Gasteiger charge is -2.15. The molecule has 0 spiro atoms. The SMILES string of the molecule is COc1ccc(-c2cnc(NCCc3csc(SC(C)(C)C(=O)O)n3)nc2)cc1.Cl. The molecule has 10 heteroatoms. The Hall–Kier alpha value is -2.36. The Labute approximate surface area is 189 Å². The molecule has 30 heavy (non-hydrogen) atoms. The highest BCUT2D eigenvalue weighted by atomic mass is 35.5. The summed E-state index contributed by atoms with van der Waals surface area (Å²) in [5.74, 6) is 0.512. The fourth-order valence-electron chi connectivity index (χ4n) is 2.37. The van der Waals surface area contributed by atoms with E-state index in [1.54, 1.807) is 33.4 Å². The summed E-state index contributed by atoms with van der Waals surface area (Å²) in [6.45, 7) is 3.99. The molecule has 2 heterocycles. The maximum atomic E-state index is 11.2. The van der Waals surface area contributed by atoms with Crippen LogP contribution in [0.4, 0.5) is 5.95 Å². The number of hydrogen-bond acceptors (Lipinski definition) is 8. The van der Waals surface area contributed by atoms with Crippen molar-refractivity contribution >= 4 is 47.4 Å². The molecule has 0 bridgehead atoms. The van der Waals surface area contributed by atoms with E-state index in [0.29, 0.717) is 18.9 Å². The Morgan fingerprint density at radius 3 is 2.47 bits per heavy atom. The molecule has 160 valence electrons. The summed E-state index contributed by atoms with van der Waals surface area (Å²) < 4.78 is 5.03. The number of halogens is 1. The van der Waals surface area contributed by atoms with E-state index in [0.717, 1.165) is 26.9 Å². The molecule has 2 aromatic heterocycles. The summed E-state index contributed by atoms with van der Waals surface area (Å²) >= 11 is 2.72. The van der Waals surface area contributed by atoms with E-state index in [1.165, 1.54) is 23.1 Å². The molecule has 3 rings (SSSR count). The lowest BCUT2D eigenvalue weighted by atomic mass is 10.1. The van der Waals surface area contributed by atoms with Crippen molar-refractivity contribution in [3.05, 3.63) is 47.7 Å². The van der Waals surface area contributed by atoms with Crippen LogP contribution in [0.3, 0.4) is 0 Å². The van der Waals surface area contributed by atoms with E-state index in [2.05, 4.69) is 20.3 Å². The van der Waals surface area contributed by atoms with Gasteiger partial charge in [0.1, 0.15) is 10.5 Å². The number of rotatable bonds is 9. The van der Waals surface area contributed by atoms with Gasteiger partial charge in [0, 0.05) is 36.3 Å². The second kappa shape index (κ2) is 10.6. The van der Waals surface area contributed by atoms with E-state index in [-0.39, 0.29) is 12.4 Å². The zero-order chi connectivity index (χ0) is 20.9. The number of ether oxygens (including phenoxy) is 1. The molecule has 1 aromatic carbocycles. The van der Waals surface area contributed by atoms with Gasteiger partial charge < -0.3 is 15.2 Å². The van der Waals surface area contributed by atoms with Crippen LogP contribution < -0.4 is 10.1 Å². The molecule has 0 aliphatic rings.